The fraction of sp³-hybridized carbons (Fsp3) is 0.500. The molecule has 0 unspecified atom stereocenters. The molecule has 6 nitrogen and oxygen atoms in total. The summed E-state index contributed by atoms with van der Waals surface area (Å²) < 4.78 is 52.4. The van der Waals surface area contributed by atoms with Gasteiger partial charge in [0.2, 0.25) is 0 Å². The van der Waals surface area contributed by atoms with Crippen LogP contribution in [0.5, 0.6) is 0 Å². The van der Waals surface area contributed by atoms with E-state index in [1.54, 1.807) is 27.7 Å². The average Bonchev–Trinajstić information content (AvgIpc) is 3.02. The van der Waals surface area contributed by atoms with E-state index in [-0.39, 0.29) is 20.8 Å². The number of carboxylic acid groups (broad SMARTS) is 1. The molecule has 2 heterocycles. The van der Waals surface area contributed by atoms with E-state index in [2.05, 4.69) is 4.98 Å². The lowest BCUT2D eigenvalue weighted by atomic mass is 9.78. The smallest absolute Gasteiger partial charge is 0.465 e. The molecule has 0 atom stereocenters. The highest BCUT2D eigenvalue weighted by atomic mass is 32.1. The number of hydrogen-bond donors (Lipinski definition) is 1. The van der Waals surface area contributed by atoms with Crippen LogP contribution in [0.3, 0.4) is 0 Å². The first-order chi connectivity index (χ1) is 12.2. The van der Waals surface area contributed by atoms with Gasteiger partial charge in [-0.3, -0.25) is 4.90 Å². The van der Waals surface area contributed by atoms with Crippen LogP contribution in [0.4, 0.5) is 23.1 Å². The van der Waals surface area contributed by atoms with Crippen molar-refractivity contribution in [2.45, 2.75) is 45.1 Å². The molecule has 1 aromatic carbocycles. The molecule has 1 aliphatic rings. The van der Waals surface area contributed by atoms with Gasteiger partial charge in [-0.25, -0.2) is 9.78 Å². The number of anilines is 1. The number of nitrogens with zero attached hydrogens (tertiary/aromatic N) is 2. The van der Waals surface area contributed by atoms with Crippen molar-refractivity contribution in [1.29, 1.82) is 0 Å². The fourth-order valence-corrected chi connectivity index (χ4v) is 3.63. The van der Waals surface area contributed by atoms with E-state index in [0.717, 1.165) is 11.0 Å². The lowest BCUT2D eigenvalue weighted by molar-refractivity contribution is -0.136. The van der Waals surface area contributed by atoms with Crippen molar-refractivity contribution < 1.29 is 32.4 Å². The molecule has 1 amide bonds. The highest BCUT2D eigenvalue weighted by Crippen LogP contribution is 2.41. The van der Waals surface area contributed by atoms with Gasteiger partial charge >= 0.3 is 19.4 Å². The van der Waals surface area contributed by atoms with Gasteiger partial charge in [0.05, 0.1) is 27.0 Å². The third-order valence-electron chi connectivity index (χ3n) is 4.91. The molecule has 0 radical (unpaired) electrons. The summed E-state index contributed by atoms with van der Waals surface area (Å²) in [5.41, 5.74) is -2.08. The predicted molar refractivity (Wildman–Crippen MR) is 96.8 cm³/mol. The second-order valence-electron chi connectivity index (χ2n) is 7.34. The molecule has 3 rings (SSSR count). The molecule has 1 saturated heterocycles. The second-order valence-corrected chi connectivity index (χ2v) is 8.32. The van der Waals surface area contributed by atoms with Crippen LogP contribution in [0.1, 0.15) is 33.3 Å². The summed E-state index contributed by atoms with van der Waals surface area (Å²) in [6.07, 6.45) is -5.95. The van der Waals surface area contributed by atoms with Crippen LogP contribution >= 0.6 is 11.3 Å². The SMILES string of the molecule is CN(C(=O)O)c1nc2cc(B3OC(C)(C)C(C)(C)O3)cc(C(F)(F)F)c2s1. The molecule has 0 aliphatic carbocycles. The van der Waals surface area contributed by atoms with E-state index >= 15 is 0 Å². The molecular formula is C16H18BF3N2O4S. The molecule has 1 fully saturated rings. The van der Waals surface area contributed by atoms with Crippen LogP contribution in [0, 0.1) is 0 Å². The molecule has 27 heavy (non-hydrogen) atoms. The van der Waals surface area contributed by atoms with E-state index in [0.29, 0.717) is 11.3 Å². The number of fused-ring (bicyclic) bond motifs is 1. The van der Waals surface area contributed by atoms with Crippen molar-refractivity contribution in [3.05, 3.63) is 17.7 Å². The van der Waals surface area contributed by atoms with Gasteiger partial charge in [0, 0.05) is 7.05 Å². The predicted octanol–water partition coefficient (Wildman–Crippen LogP) is 3.73. The van der Waals surface area contributed by atoms with E-state index in [1.165, 1.54) is 13.1 Å². The highest BCUT2D eigenvalue weighted by molar-refractivity contribution is 7.22. The first kappa shape index (κ1) is 19.9. The minimum absolute atomic E-state index is 0.0441. The lowest BCUT2D eigenvalue weighted by Crippen LogP contribution is -2.41. The molecule has 0 bridgehead atoms. The quantitative estimate of drug-likeness (QED) is 0.776. The first-order valence-corrected chi connectivity index (χ1v) is 8.88. The normalized spacial score (nSPS) is 18.9. The maximum Gasteiger partial charge on any atom is 0.494 e. The van der Waals surface area contributed by atoms with Crippen molar-refractivity contribution in [3.8, 4) is 0 Å². The minimum atomic E-state index is -4.64. The summed E-state index contributed by atoms with van der Waals surface area (Å²) >= 11 is 0.670. The lowest BCUT2D eigenvalue weighted by Gasteiger charge is -2.32. The van der Waals surface area contributed by atoms with Crippen LogP contribution in [-0.2, 0) is 15.5 Å². The molecule has 146 valence electrons. The van der Waals surface area contributed by atoms with Gasteiger partial charge in [-0.05, 0) is 45.3 Å². The van der Waals surface area contributed by atoms with E-state index in [9.17, 15) is 18.0 Å². The van der Waals surface area contributed by atoms with Crippen molar-refractivity contribution >= 4 is 45.4 Å². The van der Waals surface area contributed by atoms with Gasteiger partial charge in [0.1, 0.15) is 0 Å². The number of hydrogen-bond acceptors (Lipinski definition) is 5. The van der Waals surface area contributed by atoms with Gasteiger partial charge in [-0.1, -0.05) is 11.3 Å². The number of thiazole rings is 1. The summed E-state index contributed by atoms with van der Waals surface area (Å²) in [7, 11) is 0.241. The number of amides is 1. The molecule has 1 aliphatic heterocycles. The van der Waals surface area contributed by atoms with E-state index in [1.807, 2.05) is 0 Å². The molecule has 1 aromatic heterocycles. The van der Waals surface area contributed by atoms with Gasteiger partial charge in [-0.2, -0.15) is 13.2 Å². The number of carbonyl (C=O) groups is 1. The maximum atomic E-state index is 13.6. The number of benzene rings is 1. The van der Waals surface area contributed by atoms with Crippen molar-refractivity contribution in [1.82, 2.24) is 4.98 Å². The summed E-state index contributed by atoms with van der Waals surface area (Å²) in [6, 6.07) is 2.43. The Bertz CT molecular complexity index is 897. The maximum absolute atomic E-state index is 13.6. The first-order valence-electron chi connectivity index (χ1n) is 8.07. The Morgan fingerprint density at radius 3 is 2.26 bits per heavy atom. The number of rotatable bonds is 2. The van der Waals surface area contributed by atoms with Crippen LogP contribution in [-0.4, -0.2) is 41.6 Å². The monoisotopic (exact) mass is 402 g/mol. The van der Waals surface area contributed by atoms with Gasteiger partial charge in [0.25, 0.3) is 0 Å². The summed E-state index contributed by atoms with van der Waals surface area (Å²) in [6.45, 7) is 7.22. The van der Waals surface area contributed by atoms with Gasteiger partial charge < -0.3 is 14.4 Å². The Hall–Kier alpha value is -1.85. The zero-order chi connectivity index (χ0) is 20.4. The molecule has 2 aromatic rings. The van der Waals surface area contributed by atoms with Crippen LogP contribution in [0.15, 0.2) is 12.1 Å². The molecule has 0 spiro atoms. The number of aromatic nitrogens is 1. The molecule has 0 saturated carbocycles. The van der Waals surface area contributed by atoms with Crippen LogP contribution < -0.4 is 10.4 Å². The highest BCUT2D eigenvalue weighted by Gasteiger charge is 2.52. The number of alkyl halides is 3. The Morgan fingerprint density at radius 1 is 1.22 bits per heavy atom. The fourth-order valence-electron chi connectivity index (χ4n) is 2.59. The Morgan fingerprint density at radius 2 is 1.78 bits per heavy atom. The minimum Gasteiger partial charge on any atom is -0.465 e. The van der Waals surface area contributed by atoms with Gasteiger partial charge in [0.15, 0.2) is 5.13 Å². The third kappa shape index (κ3) is 3.39. The van der Waals surface area contributed by atoms with E-state index < -0.39 is 36.2 Å². The average molecular weight is 402 g/mol. The van der Waals surface area contributed by atoms with E-state index in [4.69, 9.17) is 14.4 Å². The van der Waals surface area contributed by atoms with Crippen molar-refractivity contribution in [2.24, 2.45) is 0 Å². The largest absolute Gasteiger partial charge is 0.494 e. The molecule has 11 heteroatoms. The van der Waals surface area contributed by atoms with Crippen molar-refractivity contribution in [2.75, 3.05) is 11.9 Å². The van der Waals surface area contributed by atoms with Crippen LogP contribution in [0.2, 0.25) is 0 Å². The topological polar surface area (TPSA) is 71.9 Å². The Labute approximate surface area is 158 Å². The zero-order valence-electron chi connectivity index (χ0n) is 15.3. The van der Waals surface area contributed by atoms with Crippen molar-refractivity contribution in [3.63, 3.8) is 0 Å². The standard InChI is InChI=1S/C16H18BF3N2O4S/c1-14(2)15(3,4)26-17(25-14)8-6-9(16(18,19)20)11-10(7-8)21-12(27-11)22(5)13(23)24/h6-7H,1-5H3,(H,23,24). The summed E-state index contributed by atoms with van der Waals surface area (Å²) in [5, 5.41) is 9.02. The Balaban J connectivity index is 2.15. The third-order valence-corrected chi connectivity index (χ3v) is 6.09. The zero-order valence-corrected chi connectivity index (χ0v) is 16.2. The summed E-state index contributed by atoms with van der Waals surface area (Å²) in [5.74, 6) is 0. The second kappa shape index (κ2) is 6.08. The molecule has 1 N–H and O–H groups in total. The summed E-state index contributed by atoms with van der Waals surface area (Å²) in [4.78, 5) is 16.0. The van der Waals surface area contributed by atoms with Crippen LogP contribution in [0.25, 0.3) is 10.2 Å². The molecular weight excluding hydrogens is 384 g/mol. The van der Waals surface area contributed by atoms with Gasteiger partial charge in [-0.15, -0.1) is 0 Å². The Kier molecular flexibility index (Phi) is 4.48. The number of halogens is 3.